The third kappa shape index (κ3) is 7.24. The minimum absolute atomic E-state index is 0.624. The summed E-state index contributed by atoms with van der Waals surface area (Å²) in [6.45, 7) is 6.71. The summed E-state index contributed by atoms with van der Waals surface area (Å²) in [5.41, 5.74) is -0.643. The van der Waals surface area contributed by atoms with Crippen LogP contribution < -0.4 is 16.0 Å². The number of hydrogen-bond donors (Lipinski definition) is 4. The number of carboxylic acid groups (broad SMARTS) is 1. The van der Waals surface area contributed by atoms with Gasteiger partial charge < -0.3 is 20.5 Å². The molecule has 0 saturated heterocycles. The molecule has 0 spiro atoms. The molecule has 0 aliphatic rings. The Morgan fingerprint density at radius 3 is 2.05 bits per heavy atom. The molecule has 2 atom stereocenters. The number of likely N-dealkylation sites (N-methyl/N-ethyl adjacent to an activating group) is 1. The van der Waals surface area contributed by atoms with Crippen LogP contribution >= 0.6 is 0 Å². The fourth-order valence-corrected chi connectivity index (χ4v) is 1.23. The third-order valence-corrected chi connectivity index (χ3v) is 2.04. The summed E-state index contributed by atoms with van der Waals surface area (Å²) in [7, 11) is 1.56. The molecule has 0 heterocycles. The second-order valence-corrected chi connectivity index (χ2v) is 4.98. The lowest BCUT2D eigenvalue weighted by molar-refractivity contribution is -0.150. The van der Waals surface area contributed by atoms with E-state index in [-0.39, 0.29) is 0 Å². The minimum Gasteiger partial charge on any atom is -0.474 e. The van der Waals surface area contributed by atoms with Crippen LogP contribution in [0.3, 0.4) is 0 Å². The van der Waals surface area contributed by atoms with Crippen molar-refractivity contribution in [2.24, 2.45) is 0 Å². The average molecular weight is 275 g/mol. The van der Waals surface area contributed by atoms with Crippen LogP contribution in [0.15, 0.2) is 0 Å². The zero-order valence-electron chi connectivity index (χ0n) is 11.7. The van der Waals surface area contributed by atoms with E-state index in [0.717, 1.165) is 0 Å². The molecule has 0 aromatic carbocycles. The van der Waals surface area contributed by atoms with Gasteiger partial charge in [0.25, 0.3) is 0 Å². The van der Waals surface area contributed by atoms with E-state index < -0.39 is 35.8 Å². The molecular formula is C11H21N3O5. The zero-order chi connectivity index (χ0) is 15.2. The van der Waals surface area contributed by atoms with Gasteiger partial charge in [-0.25, -0.2) is 9.59 Å². The maximum Gasteiger partial charge on any atom is 0.408 e. The van der Waals surface area contributed by atoms with E-state index in [1.54, 1.807) is 34.7 Å². The molecule has 0 rings (SSSR count). The number of hydrogen-bond acceptors (Lipinski definition) is 5. The van der Waals surface area contributed by atoms with E-state index >= 15 is 0 Å². The highest BCUT2D eigenvalue weighted by Gasteiger charge is 2.24. The summed E-state index contributed by atoms with van der Waals surface area (Å²) < 4.78 is 5.05. The van der Waals surface area contributed by atoms with Gasteiger partial charge in [0.1, 0.15) is 11.8 Å². The van der Waals surface area contributed by atoms with Crippen molar-refractivity contribution in [2.45, 2.75) is 45.5 Å². The van der Waals surface area contributed by atoms with E-state index in [0.29, 0.717) is 0 Å². The normalized spacial score (nSPS) is 14.2. The zero-order valence-corrected chi connectivity index (χ0v) is 11.7. The van der Waals surface area contributed by atoms with Gasteiger partial charge in [0.05, 0.1) is 6.04 Å². The SMILES string of the molecule is CNC(NC(=O)OC(C)(C)C)[C@@H](C)NC(=O)C(=O)O. The number of carbonyl (C=O) groups excluding carboxylic acids is 2. The van der Waals surface area contributed by atoms with Crippen LogP contribution in [-0.4, -0.2) is 47.9 Å². The van der Waals surface area contributed by atoms with E-state index in [9.17, 15) is 14.4 Å². The van der Waals surface area contributed by atoms with Crippen LogP contribution in [0.5, 0.6) is 0 Å². The van der Waals surface area contributed by atoms with Crippen molar-refractivity contribution in [3.63, 3.8) is 0 Å². The predicted octanol–water partition coefficient (Wildman–Crippen LogP) is -0.354. The van der Waals surface area contributed by atoms with Crippen LogP contribution in [0.25, 0.3) is 0 Å². The van der Waals surface area contributed by atoms with Crippen molar-refractivity contribution in [1.29, 1.82) is 0 Å². The number of ether oxygens (including phenoxy) is 1. The molecule has 0 aromatic rings. The number of rotatable bonds is 4. The summed E-state index contributed by atoms with van der Waals surface area (Å²) >= 11 is 0. The summed E-state index contributed by atoms with van der Waals surface area (Å²) in [5, 5.41) is 15.9. The quantitative estimate of drug-likeness (QED) is 0.411. The molecule has 4 N–H and O–H groups in total. The lowest BCUT2D eigenvalue weighted by Gasteiger charge is -2.27. The Bertz CT molecular complexity index is 351. The number of carbonyl (C=O) groups is 3. The number of aliphatic carboxylic acids is 1. The first-order chi connectivity index (χ1) is 8.56. The van der Waals surface area contributed by atoms with E-state index in [1.165, 1.54) is 0 Å². The highest BCUT2D eigenvalue weighted by atomic mass is 16.6. The maximum atomic E-state index is 11.5. The van der Waals surface area contributed by atoms with Gasteiger partial charge in [-0.15, -0.1) is 0 Å². The molecule has 110 valence electrons. The fraction of sp³-hybridized carbons (Fsp3) is 0.727. The van der Waals surface area contributed by atoms with E-state index in [1.807, 2.05) is 0 Å². The van der Waals surface area contributed by atoms with Crippen molar-refractivity contribution in [3.05, 3.63) is 0 Å². The van der Waals surface area contributed by atoms with Crippen molar-refractivity contribution >= 4 is 18.0 Å². The Hall–Kier alpha value is -1.83. The molecule has 8 nitrogen and oxygen atoms in total. The van der Waals surface area contributed by atoms with Crippen molar-refractivity contribution < 1.29 is 24.2 Å². The Balaban J connectivity index is 4.45. The van der Waals surface area contributed by atoms with Crippen LogP contribution in [0.2, 0.25) is 0 Å². The lowest BCUT2D eigenvalue weighted by atomic mass is 10.2. The molecule has 0 bridgehead atoms. The van der Waals surface area contributed by atoms with Gasteiger partial charge in [0.2, 0.25) is 0 Å². The first kappa shape index (κ1) is 17.2. The average Bonchev–Trinajstić information content (AvgIpc) is 2.22. The monoisotopic (exact) mass is 275 g/mol. The van der Waals surface area contributed by atoms with Crippen LogP contribution in [0.4, 0.5) is 4.79 Å². The van der Waals surface area contributed by atoms with Crippen LogP contribution in [-0.2, 0) is 14.3 Å². The molecule has 2 amide bonds. The lowest BCUT2D eigenvalue weighted by Crippen LogP contribution is -2.57. The highest BCUT2D eigenvalue weighted by Crippen LogP contribution is 2.06. The van der Waals surface area contributed by atoms with Gasteiger partial charge in [-0.2, -0.15) is 0 Å². The van der Waals surface area contributed by atoms with E-state index in [4.69, 9.17) is 9.84 Å². The van der Waals surface area contributed by atoms with Gasteiger partial charge in [0, 0.05) is 0 Å². The van der Waals surface area contributed by atoms with Crippen LogP contribution in [0, 0.1) is 0 Å². The Morgan fingerprint density at radius 2 is 1.68 bits per heavy atom. The standard InChI is InChI=1S/C11H21N3O5/c1-6(13-8(15)9(16)17)7(12-5)14-10(18)19-11(2,3)4/h6-7,12H,1-5H3,(H,13,15)(H,14,18)(H,16,17)/t6-,7?/m1/s1. The molecule has 0 aliphatic carbocycles. The highest BCUT2D eigenvalue weighted by molar-refractivity contribution is 6.31. The number of alkyl carbamates (subject to hydrolysis) is 1. The summed E-state index contributed by atoms with van der Waals surface area (Å²) in [6, 6.07) is -0.624. The fourth-order valence-electron chi connectivity index (χ4n) is 1.23. The molecule has 0 saturated carbocycles. The second-order valence-electron chi connectivity index (χ2n) is 4.98. The van der Waals surface area contributed by atoms with Gasteiger partial charge in [-0.1, -0.05) is 0 Å². The van der Waals surface area contributed by atoms with Gasteiger partial charge in [-0.3, -0.25) is 10.1 Å². The molecular weight excluding hydrogens is 254 g/mol. The first-order valence-corrected chi connectivity index (χ1v) is 5.77. The first-order valence-electron chi connectivity index (χ1n) is 5.77. The van der Waals surface area contributed by atoms with E-state index in [2.05, 4.69) is 16.0 Å². The van der Waals surface area contributed by atoms with Crippen molar-refractivity contribution in [3.8, 4) is 0 Å². The molecule has 0 aromatic heterocycles. The third-order valence-electron chi connectivity index (χ3n) is 2.04. The van der Waals surface area contributed by atoms with Crippen molar-refractivity contribution in [1.82, 2.24) is 16.0 Å². The Labute approximate surface area is 111 Å². The summed E-state index contributed by atoms with van der Waals surface area (Å²) in [4.78, 5) is 33.0. The van der Waals surface area contributed by atoms with Crippen molar-refractivity contribution in [2.75, 3.05) is 7.05 Å². The van der Waals surface area contributed by atoms with Crippen LogP contribution in [0.1, 0.15) is 27.7 Å². The Morgan fingerprint density at radius 1 is 1.16 bits per heavy atom. The summed E-state index contributed by atoms with van der Waals surface area (Å²) in [5.74, 6) is -2.72. The topological polar surface area (TPSA) is 117 Å². The van der Waals surface area contributed by atoms with Gasteiger partial charge >= 0.3 is 18.0 Å². The molecule has 1 unspecified atom stereocenters. The smallest absolute Gasteiger partial charge is 0.408 e. The van der Waals surface area contributed by atoms with Gasteiger partial charge in [0.15, 0.2) is 0 Å². The largest absolute Gasteiger partial charge is 0.474 e. The number of nitrogens with one attached hydrogen (secondary N) is 3. The van der Waals surface area contributed by atoms with Gasteiger partial charge in [-0.05, 0) is 34.7 Å². The minimum atomic E-state index is -1.58. The molecule has 0 radical (unpaired) electrons. The predicted molar refractivity (Wildman–Crippen MR) is 67.5 cm³/mol. The Kier molecular flexibility index (Phi) is 6.26. The number of carboxylic acids is 1. The summed E-state index contributed by atoms with van der Waals surface area (Å²) in [6.07, 6.45) is -1.32. The maximum absolute atomic E-state index is 11.5. The molecule has 0 fully saturated rings. The second kappa shape index (κ2) is 6.93. The number of amides is 2. The molecule has 19 heavy (non-hydrogen) atoms. The molecule has 0 aliphatic heterocycles. The molecule has 8 heteroatoms.